The summed E-state index contributed by atoms with van der Waals surface area (Å²) in [4.78, 5) is 0.103. The molecule has 0 spiro atoms. The number of fused-ring (bicyclic) bond motifs is 1. The Morgan fingerprint density at radius 3 is 2.34 bits per heavy atom. The molecule has 0 saturated carbocycles. The highest BCUT2D eigenvalue weighted by molar-refractivity contribution is 7.89. The zero-order valence-electron chi connectivity index (χ0n) is 18.2. The molecular weight excluding hydrogens is 452 g/mol. The number of benzene rings is 2. The van der Waals surface area contributed by atoms with Crippen LogP contribution in [0.1, 0.15) is 32.3 Å². The average molecular weight is 481 g/mol. The molecule has 0 atom stereocenters. The Hall–Kier alpha value is -2.14. The topological polar surface area (TPSA) is 102 Å². The molecule has 2 aromatic carbocycles. The second-order valence-corrected chi connectivity index (χ2v) is 12.3. The van der Waals surface area contributed by atoms with Gasteiger partial charge >= 0.3 is 0 Å². The molecule has 0 radical (unpaired) electrons. The molecule has 8 nitrogen and oxygen atoms in total. The lowest BCUT2D eigenvalue weighted by Gasteiger charge is -2.18. The zero-order chi connectivity index (χ0) is 23.0. The minimum Gasteiger partial charge on any atom is -0.488 e. The van der Waals surface area contributed by atoms with Crippen molar-refractivity contribution >= 4 is 20.0 Å². The summed E-state index contributed by atoms with van der Waals surface area (Å²) in [6.07, 6.45) is 2.47. The van der Waals surface area contributed by atoms with Gasteiger partial charge in [-0.3, -0.25) is 0 Å². The molecule has 0 bridgehead atoms. The number of nitrogens with zero attached hydrogens (tertiary/aromatic N) is 1. The van der Waals surface area contributed by atoms with Gasteiger partial charge in [-0.15, -0.1) is 0 Å². The van der Waals surface area contributed by atoms with Crippen LogP contribution in [0.15, 0.2) is 52.3 Å². The maximum atomic E-state index is 12.6. The van der Waals surface area contributed by atoms with Gasteiger partial charge in [0.2, 0.25) is 20.0 Å². The van der Waals surface area contributed by atoms with E-state index in [0.717, 1.165) is 24.8 Å². The van der Waals surface area contributed by atoms with Crippen molar-refractivity contribution in [1.29, 1.82) is 0 Å². The Kier molecular flexibility index (Phi) is 6.23. The minimum atomic E-state index is -3.80. The van der Waals surface area contributed by atoms with E-state index in [0.29, 0.717) is 24.6 Å². The van der Waals surface area contributed by atoms with E-state index in [-0.39, 0.29) is 28.5 Å². The van der Waals surface area contributed by atoms with Gasteiger partial charge in [0.05, 0.1) is 9.79 Å². The van der Waals surface area contributed by atoms with Gasteiger partial charge < -0.3 is 9.47 Å². The van der Waals surface area contributed by atoms with E-state index in [1.54, 1.807) is 6.07 Å². The molecule has 2 aromatic rings. The van der Waals surface area contributed by atoms with Gasteiger partial charge in [0.15, 0.2) is 11.5 Å². The van der Waals surface area contributed by atoms with Gasteiger partial charge in [0, 0.05) is 31.6 Å². The van der Waals surface area contributed by atoms with Crippen LogP contribution in [0.5, 0.6) is 11.5 Å². The molecule has 1 fully saturated rings. The molecule has 32 heavy (non-hydrogen) atoms. The van der Waals surface area contributed by atoms with Crippen molar-refractivity contribution in [3.63, 3.8) is 0 Å². The average Bonchev–Trinajstić information content (AvgIpc) is 3.38. The second-order valence-electron chi connectivity index (χ2n) is 8.61. The fourth-order valence-corrected chi connectivity index (χ4v) is 6.52. The number of hydrogen-bond acceptors (Lipinski definition) is 6. The van der Waals surface area contributed by atoms with Gasteiger partial charge in [0.1, 0.15) is 12.2 Å². The maximum absolute atomic E-state index is 12.6. The SMILES string of the molecule is CC1(C)Cc2cccc(OCCNS(=O)(=O)c3ccc(S(=O)(=O)N4CCCC4)cc3)c2O1. The summed E-state index contributed by atoms with van der Waals surface area (Å²) in [6, 6.07) is 11.0. The smallest absolute Gasteiger partial charge is 0.243 e. The maximum Gasteiger partial charge on any atom is 0.243 e. The molecular formula is C22H28N2O6S2. The molecule has 174 valence electrons. The molecule has 0 unspecified atom stereocenters. The number of rotatable bonds is 8. The van der Waals surface area contributed by atoms with Gasteiger partial charge in [-0.25, -0.2) is 21.6 Å². The van der Waals surface area contributed by atoms with Crippen molar-refractivity contribution in [1.82, 2.24) is 9.03 Å². The van der Waals surface area contributed by atoms with Crippen LogP contribution < -0.4 is 14.2 Å². The van der Waals surface area contributed by atoms with Crippen LogP contribution in [0.25, 0.3) is 0 Å². The minimum absolute atomic E-state index is 0.00329. The summed E-state index contributed by atoms with van der Waals surface area (Å²) in [5.74, 6) is 1.29. The summed E-state index contributed by atoms with van der Waals surface area (Å²) < 4.78 is 66.0. The van der Waals surface area contributed by atoms with Crippen LogP contribution in [0.4, 0.5) is 0 Å². The fourth-order valence-electron chi connectivity index (χ4n) is 3.99. The van der Waals surface area contributed by atoms with Crippen molar-refractivity contribution in [3.05, 3.63) is 48.0 Å². The van der Waals surface area contributed by atoms with Crippen molar-refractivity contribution < 1.29 is 26.3 Å². The first kappa shape index (κ1) is 23.0. The molecule has 0 aromatic heterocycles. The van der Waals surface area contributed by atoms with Crippen LogP contribution >= 0.6 is 0 Å². The van der Waals surface area contributed by atoms with Crippen molar-refractivity contribution in [2.24, 2.45) is 0 Å². The number of hydrogen-bond donors (Lipinski definition) is 1. The van der Waals surface area contributed by atoms with Gasteiger partial charge in [-0.1, -0.05) is 12.1 Å². The molecule has 2 heterocycles. The second kappa shape index (κ2) is 8.66. The summed E-state index contributed by atoms with van der Waals surface area (Å²) in [5, 5.41) is 0. The normalized spacial score (nSPS) is 18.3. The summed E-state index contributed by atoms with van der Waals surface area (Å²) in [7, 11) is -7.38. The largest absolute Gasteiger partial charge is 0.488 e. The number of nitrogens with one attached hydrogen (secondary N) is 1. The molecule has 4 rings (SSSR count). The van der Waals surface area contributed by atoms with Crippen LogP contribution in [-0.2, 0) is 26.5 Å². The third kappa shape index (κ3) is 4.78. The van der Waals surface area contributed by atoms with Crippen LogP contribution in [0.3, 0.4) is 0 Å². The molecule has 2 aliphatic heterocycles. The Morgan fingerprint density at radius 2 is 1.66 bits per heavy atom. The lowest BCUT2D eigenvalue weighted by Crippen LogP contribution is -2.29. The standard InChI is InChI=1S/C22H28N2O6S2/c1-22(2)16-17-6-5-7-20(21(17)30-22)29-15-12-23-31(25,26)18-8-10-19(11-9-18)32(27,28)24-13-3-4-14-24/h5-11,23H,3-4,12-16H2,1-2H3. The highest BCUT2D eigenvalue weighted by atomic mass is 32.2. The predicted molar refractivity (Wildman–Crippen MR) is 120 cm³/mol. The Bertz CT molecular complexity index is 1190. The lowest BCUT2D eigenvalue weighted by atomic mass is 10.0. The van der Waals surface area contributed by atoms with Gasteiger partial charge in [-0.2, -0.15) is 4.31 Å². The van der Waals surface area contributed by atoms with E-state index in [4.69, 9.17) is 9.47 Å². The molecule has 2 aliphatic rings. The van der Waals surface area contributed by atoms with Crippen molar-refractivity contribution in [2.75, 3.05) is 26.2 Å². The van der Waals surface area contributed by atoms with E-state index >= 15 is 0 Å². The van der Waals surface area contributed by atoms with Crippen molar-refractivity contribution in [2.45, 2.75) is 48.5 Å². The van der Waals surface area contributed by atoms with E-state index in [1.807, 2.05) is 26.0 Å². The quantitative estimate of drug-likeness (QED) is 0.583. The fraction of sp³-hybridized carbons (Fsp3) is 0.455. The Labute approximate surface area is 189 Å². The molecule has 0 aliphatic carbocycles. The summed E-state index contributed by atoms with van der Waals surface area (Å²) in [6.45, 7) is 5.19. The van der Waals surface area contributed by atoms with E-state index < -0.39 is 20.0 Å². The molecule has 1 saturated heterocycles. The molecule has 1 N–H and O–H groups in total. The van der Waals surface area contributed by atoms with Gasteiger partial charge in [-0.05, 0) is 57.0 Å². The van der Waals surface area contributed by atoms with Crippen molar-refractivity contribution in [3.8, 4) is 11.5 Å². The molecule has 0 amide bonds. The zero-order valence-corrected chi connectivity index (χ0v) is 19.8. The van der Waals surface area contributed by atoms with Crippen LogP contribution in [0.2, 0.25) is 0 Å². The highest BCUT2D eigenvalue weighted by Crippen LogP contribution is 2.41. The molecule has 10 heteroatoms. The number of para-hydroxylation sites is 1. The van der Waals surface area contributed by atoms with Crippen LogP contribution in [-0.4, -0.2) is 53.0 Å². The monoisotopic (exact) mass is 480 g/mol. The number of sulfonamides is 2. The van der Waals surface area contributed by atoms with Crippen LogP contribution in [0, 0.1) is 0 Å². The third-order valence-electron chi connectivity index (χ3n) is 5.54. The summed E-state index contributed by atoms with van der Waals surface area (Å²) in [5.41, 5.74) is 0.773. The van der Waals surface area contributed by atoms with E-state index in [9.17, 15) is 16.8 Å². The lowest BCUT2D eigenvalue weighted by molar-refractivity contribution is 0.132. The Balaban J connectivity index is 1.35. The van der Waals surface area contributed by atoms with E-state index in [1.165, 1.54) is 28.6 Å². The predicted octanol–water partition coefficient (Wildman–Crippen LogP) is 2.54. The first-order valence-corrected chi connectivity index (χ1v) is 13.5. The highest BCUT2D eigenvalue weighted by Gasteiger charge is 2.32. The van der Waals surface area contributed by atoms with Gasteiger partial charge in [0.25, 0.3) is 0 Å². The number of ether oxygens (including phenoxy) is 2. The third-order valence-corrected chi connectivity index (χ3v) is 8.93. The first-order valence-electron chi connectivity index (χ1n) is 10.6. The first-order chi connectivity index (χ1) is 15.1. The summed E-state index contributed by atoms with van der Waals surface area (Å²) >= 11 is 0. The van der Waals surface area contributed by atoms with E-state index in [2.05, 4.69) is 4.72 Å². The Morgan fingerprint density at radius 1 is 1.00 bits per heavy atom.